The van der Waals surface area contributed by atoms with Crippen LogP contribution in [0.1, 0.15) is 23.6 Å². The quantitative estimate of drug-likeness (QED) is 0.318. The summed E-state index contributed by atoms with van der Waals surface area (Å²) in [5, 5.41) is 36.5. The Labute approximate surface area is 224 Å². The molecule has 4 rings (SSSR count). The van der Waals surface area contributed by atoms with Crippen molar-refractivity contribution >= 4 is 16.0 Å². The van der Waals surface area contributed by atoms with E-state index in [0.717, 1.165) is 0 Å². The second-order valence-corrected chi connectivity index (χ2v) is 10.4. The highest BCUT2D eigenvalue weighted by atomic mass is 32.2. The van der Waals surface area contributed by atoms with Crippen LogP contribution in [0, 0.1) is 22.7 Å². The number of rotatable bonds is 9. The van der Waals surface area contributed by atoms with E-state index < -0.39 is 15.3 Å². The Bertz CT molecular complexity index is 1720. The summed E-state index contributed by atoms with van der Waals surface area (Å²) in [5.74, 6) is 0.184. The lowest BCUT2D eigenvalue weighted by Crippen LogP contribution is -2.28. The van der Waals surface area contributed by atoms with Crippen molar-refractivity contribution in [1.29, 1.82) is 10.5 Å². The van der Waals surface area contributed by atoms with Gasteiger partial charge >= 0.3 is 0 Å². The van der Waals surface area contributed by atoms with E-state index in [1.807, 2.05) is 12.1 Å². The Balaban J connectivity index is 1.79. The largest absolute Gasteiger partial charge is 0.506 e. The molecule has 0 bridgehead atoms. The van der Waals surface area contributed by atoms with E-state index in [2.05, 4.69) is 19.9 Å². The number of sulfonamides is 1. The van der Waals surface area contributed by atoms with Crippen LogP contribution in [0.5, 0.6) is 17.4 Å². The minimum Gasteiger partial charge on any atom is -0.506 e. The van der Waals surface area contributed by atoms with Gasteiger partial charge in [0.25, 0.3) is 0 Å². The Morgan fingerprint density at radius 1 is 1.05 bits per heavy atom. The third-order valence-corrected chi connectivity index (χ3v) is 7.57. The second kappa shape index (κ2) is 11.1. The van der Waals surface area contributed by atoms with E-state index in [-0.39, 0.29) is 46.8 Å². The molecule has 2 N–H and O–H groups in total. The second-order valence-electron chi connectivity index (χ2n) is 8.33. The fourth-order valence-electron chi connectivity index (χ4n) is 3.86. The molecule has 198 valence electrons. The molecule has 0 aliphatic carbocycles. The number of pyridine rings is 1. The minimum absolute atomic E-state index is 0.0116. The normalized spacial score (nSPS) is 11.7. The van der Waals surface area contributed by atoms with Gasteiger partial charge in [-0.25, -0.2) is 13.4 Å². The van der Waals surface area contributed by atoms with Crippen LogP contribution >= 0.6 is 0 Å². The maximum Gasteiger partial charge on any atom is 0.243 e. The summed E-state index contributed by atoms with van der Waals surface area (Å²) >= 11 is 0. The summed E-state index contributed by atoms with van der Waals surface area (Å²) in [5.41, 5.74) is 1.37. The number of benzene rings is 2. The standard InChI is InChI=1S/C26H23N7O5S/c1-16(12-18-11-10-17(14-27)13-19(18)15-28)39(35,36)32-26-31-30-25(20-6-4-9-23(29-20)38-3)33(26)24-21(34)7-5-8-22(24)37-2/h4-11,13,16,34H,12H2,1-3H3,(H,31,32)/t16-/m1/s1. The predicted molar refractivity (Wildman–Crippen MR) is 141 cm³/mol. The van der Waals surface area contributed by atoms with Gasteiger partial charge in [-0.2, -0.15) is 10.5 Å². The molecule has 13 heteroatoms. The summed E-state index contributed by atoms with van der Waals surface area (Å²) in [6.45, 7) is 1.48. The molecule has 0 aliphatic heterocycles. The van der Waals surface area contributed by atoms with Crippen molar-refractivity contribution in [2.75, 3.05) is 18.9 Å². The molecule has 2 aromatic carbocycles. The third-order valence-electron chi connectivity index (χ3n) is 5.88. The number of methoxy groups -OCH3 is 2. The Hall–Kier alpha value is -5.14. The molecule has 0 fully saturated rings. The van der Waals surface area contributed by atoms with E-state index in [1.54, 1.807) is 36.4 Å². The van der Waals surface area contributed by atoms with E-state index in [9.17, 15) is 18.8 Å². The van der Waals surface area contributed by atoms with Crippen LogP contribution < -0.4 is 14.2 Å². The van der Waals surface area contributed by atoms with Crippen molar-refractivity contribution in [2.45, 2.75) is 18.6 Å². The SMILES string of the molecule is COc1cccc(-c2nnc(NS(=O)(=O)[C@H](C)Cc3ccc(C#N)cc3C#N)n2-c2c(O)cccc2OC)n1. The van der Waals surface area contributed by atoms with Crippen LogP contribution in [0.25, 0.3) is 17.2 Å². The van der Waals surface area contributed by atoms with Gasteiger partial charge in [0.1, 0.15) is 22.9 Å². The number of nitriles is 2. The number of nitrogens with zero attached hydrogens (tertiary/aromatic N) is 6. The average Bonchev–Trinajstić information content (AvgIpc) is 3.35. The van der Waals surface area contributed by atoms with Gasteiger partial charge in [0.05, 0.1) is 42.7 Å². The first kappa shape index (κ1) is 26.9. The van der Waals surface area contributed by atoms with Gasteiger partial charge < -0.3 is 14.6 Å². The molecule has 0 spiro atoms. The fraction of sp³-hybridized carbons (Fsp3) is 0.192. The van der Waals surface area contributed by atoms with E-state index in [4.69, 9.17) is 14.7 Å². The van der Waals surface area contributed by atoms with Gasteiger partial charge in [-0.05, 0) is 49.2 Å². The molecule has 0 unspecified atom stereocenters. The van der Waals surface area contributed by atoms with Crippen molar-refractivity contribution in [2.24, 2.45) is 0 Å². The first-order chi connectivity index (χ1) is 18.7. The van der Waals surface area contributed by atoms with Crippen LogP contribution in [-0.4, -0.2) is 52.7 Å². The highest BCUT2D eigenvalue weighted by Gasteiger charge is 2.28. The number of phenolic OH excluding ortho intramolecular Hbond substituents is 1. The Morgan fingerprint density at radius 2 is 1.82 bits per heavy atom. The molecule has 0 radical (unpaired) electrons. The first-order valence-electron chi connectivity index (χ1n) is 11.5. The Kier molecular flexibility index (Phi) is 7.65. The van der Waals surface area contributed by atoms with Gasteiger partial charge in [0.2, 0.25) is 21.9 Å². The van der Waals surface area contributed by atoms with Crippen molar-refractivity contribution in [3.8, 4) is 46.7 Å². The van der Waals surface area contributed by atoms with E-state index >= 15 is 0 Å². The molecule has 0 saturated heterocycles. The number of hydrogen-bond donors (Lipinski definition) is 2. The van der Waals surface area contributed by atoms with E-state index in [1.165, 1.54) is 43.9 Å². The first-order valence-corrected chi connectivity index (χ1v) is 13.0. The maximum absolute atomic E-state index is 13.4. The minimum atomic E-state index is -4.11. The van der Waals surface area contributed by atoms with Gasteiger partial charge in [-0.3, -0.25) is 9.29 Å². The zero-order valence-corrected chi connectivity index (χ0v) is 22.0. The highest BCUT2D eigenvalue weighted by Crippen LogP contribution is 2.37. The van der Waals surface area contributed by atoms with Crippen LogP contribution in [0.2, 0.25) is 0 Å². The predicted octanol–water partition coefficient (Wildman–Crippen LogP) is 3.17. The van der Waals surface area contributed by atoms with Gasteiger partial charge in [0.15, 0.2) is 5.82 Å². The fourth-order valence-corrected chi connectivity index (χ4v) is 4.84. The number of hydrogen-bond acceptors (Lipinski definition) is 10. The van der Waals surface area contributed by atoms with E-state index in [0.29, 0.717) is 16.8 Å². The van der Waals surface area contributed by atoms with Crippen LogP contribution in [0.15, 0.2) is 54.6 Å². The summed E-state index contributed by atoms with van der Waals surface area (Å²) in [7, 11) is -1.25. The molecule has 2 aromatic heterocycles. The van der Waals surface area contributed by atoms with Crippen molar-refractivity contribution in [1.82, 2.24) is 19.7 Å². The number of anilines is 1. The van der Waals surface area contributed by atoms with Crippen molar-refractivity contribution in [3.63, 3.8) is 0 Å². The van der Waals surface area contributed by atoms with Crippen molar-refractivity contribution < 1.29 is 23.0 Å². The summed E-state index contributed by atoms with van der Waals surface area (Å²) in [4.78, 5) is 4.37. The number of phenols is 1. The summed E-state index contributed by atoms with van der Waals surface area (Å²) in [6, 6.07) is 18.0. The Morgan fingerprint density at radius 3 is 2.51 bits per heavy atom. The molecule has 12 nitrogen and oxygen atoms in total. The molecule has 0 aliphatic rings. The summed E-state index contributed by atoms with van der Waals surface area (Å²) < 4.78 is 41.3. The lowest BCUT2D eigenvalue weighted by atomic mass is 10.0. The monoisotopic (exact) mass is 545 g/mol. The molecular weight excluding hydrogens is 522 g/mol. The molecule has 0 saturated carbocycles. The zero-order chi connectivity index (χ0) is 28.2. The van der Waals surface area contributed by atoms with Crippen LogP contribution in [-0.2, 0) is 16.4 Å². The zero-order valence-electron chi connectivity index (χ0n) is 21.2. The number of para-hydroxylation sites is 1. The van der Waals surface area contributed by atoms with Crippen molar-refractivity contribution in [3.05, 3.63) is 71.3 Å². The van der Waals surface area contributed by atoms with Gasteiger partial charge in [0, 0.05) is 6.07 Å². The highest BCUT2D eigenvalue weighted by molar-refractivity contribution is 7.93. The molecule has 0 amide bonds. The summed E-state index contributed by atoms with van der Waals surface area (Å²) in [6.07, 6.45) is -0.0116. The smallest absolute Gasteiger partial charge is 0.243 e. The van der Waals surface area contributed by atoms with Gasteiger partial charge in [-0.1, -0.05) is 18.2 Å². The number of ether oxygens (including phenoxy) is 2. The topological polar surface area (TPSA) is 176 Å². The number of nitrogens with one attached hydrogen (secondary N) is 1. The number of aromatic nitrogens is 4. The number of aromatic hydroxyl groups is 1. The lowest BCUT2D eigenvalue weighted by molar-refractivity contribution is 0.398. The molecule has 2 heterocycles. The lowest BCUT2D eigenvalue weighted by Gasteiger charge is -2.18. The maximum atomic E-state index is 13.4. The van der Waals surface area contributed by atoms with Crippen LogP contribution in [0.3, 0.4) is 0 Å². The third kappa shape index (κ3) is 5.44. The van der Waals surface area contributed by atoms with Crippen LogP contribution in [0.4, 0.5) is 5.95 Å². The molecule has 4 aromatic rings. The molecular formula is C26H23N7O5S. The molecule has 1 atom stereocenters. The average molecular weight is 546 g/mol. The van der Waals surface area contributed by atoms with Gasteiger partial charge in [-0.15, -0.1) is 10.2 Å². The molecule has 39 heavy (non-hydrogen) atoms.